The van der Waals surface area contributed by atoms with E-state index in [2.05, 4.69) is 0 Å². The lowest BCUT2D eigenvalue weighted by atomic mass is 10.0. The Morgan fingerprint density at radius 3 is 2.69 bits per heavy atom. The second kappa shape index (κ2) is 4.80. The zero-order valence-electron chi connectivity index (χ0n) is 9.60. The summed E-state index contributed by atoms with van der Waals surface area (Å²) in [6.45, 7) is 4.31. The van der Waals surface area contributed by atoms with Crippen LogP contribution in [0.25, 0.3) is 0 Å². The van der Waals surface area contributed by atoms with Crippen LogP contribution in [0.4, 0.5) is 0 Å². The zero-order chi connectivity index (χ0) is 12.3. The van der Waals surface area contributed by atoms with Gasteiger partial charge < -0.3 is 20.5 Å². The topological polar surface area (TPSA) is 92.9 Å². The van der Waals surface area contributed by atoms with Crippen molar-refractivity contribution in [3.8, 4) is 0 Å². The molecule has 1 aliphatic heterocycles. The predicted molar refractivity (Wildman–Crippen MR) is 56.8 cm³/mol. The SMILES string of the molecule is CC(C)(N)C(=O)N1CCOCC1CC(=O)O. The van der Waals surface area contributed by atoms with Crippen LogP contribution in [0.15, 0.2) is 0 Å². The standard InChI is InChI=1S/C10H18N2O4/c1-10(2,11)9(15)12-3-4-16-6-7(12)5-8(13)14/h7H,3-6,11H2,1-2H3,(H,13,14). The minimum absolute atomic E-state index is 0.109. The lowest BCUT2D eigenvalue weighted by Gasteiger charge is -2.38. The second-order valence-corrected chi connectivity index (χ2v) is 4.55. The van der Waals surface area contributed by atoms with Gasteiger partial charge in [0, 0.05) is 6.54 Å². The predicted octanol–water partition coefficient (Wildman–Crippen LogP) is -0.574. The Labute approximate surface area is 94.3 Å². The van der Waals surface area contributed by atoms with Gasteiger partial charge in [-0.25, -0.2) is 0 Å². The van der Waals surface area contributed by atoms with Gasteiger partial charge in [-0.1, -0.05) is 0 Å². The molecule has 6 nitrogen and oxygen atoms in total. The van der Waals surface area contributed by atoms with E-state index >= 15 is 0 Å². The first-order chi connectivity index (χ1) is 7.32. The monoisotopic (exact) mass is 230 g/mol. The highest BCUT2D eigenvalue weighted by Crippen LogP contribution is 2.15. The van der Waals surface area contributed by atoms with Crippen molar-refractivity contribution in [3.05, 3.63) is 0 Å². The van der Waals surface area contributed by atoms with E-state index in [1.54, 1.807) is 13.8 Å². The summed E-state index contributed by atoms with van der Waals surface area (Å²) in [5.41, 5.74) is 4.75. The summed E-state index contributed by atoms with van der Waals surface area (Å²) >= 11 is 0. The molecular weight excluding hydrogens is 212 g/mol. The lowest BCUT2D eigenvalue weighted by molar-refractivity contribution is -0.149. The van der Waals surface area contributed by atoms with Gasteiger partial charge in [0.15, 0.2) is 0 Å². The molecule has 0 spiro atoms. The first-order valence-electron chi connectivity index (χ1n) is 5.22. The van der Waals surface area contributed by atoms with Crippen molar-refractivity contribution >= 4 is 11.9 Å². The number of amides is 1. The Bertz CT molecular complexity index is 285. The van der Waals surface area contributed by atoms with Gasteiger partial charge in [-0.3, -0.25) is 9.59 Å². The molecular formula is C10H18N2O4. The summed E-state index contributed by atoms with van der Waals surface area (Å²) in [5, 5.41) is 8.74. The number of nitrogens with two attached hydrogens (primary N) is 1. The fourth-order valence-corrected chi connectivity index (χ4v) is 1.66. The highest BCUT2D eigenvalue weighted by molar-refractivity contribution is 5.86. The molecule has 0 aromatic rings. The Morgan fingerprint density at radius 2 is 2.19 bits per heavy atom. The van der Waals surface area contributed by atoms with Gasteiger partial charge in [0.05, 0.1) is 31.2 Å². The van der Waals surface area contributed by atoms with Crippen LogP contribution in [0.1, 0.15) is 20.3 Å². The van der Waals surface area contributed by atoms with Crippen LogP contribution in [0.5, 0.6) is 0 Å². The second-order valence-electron chi connectivity index (χ2n) is 4.55. The molecule has 1 atom stereocenters. The Morgan fingerprint density at radius 1 is 1.56 bits per heavy atom. The summed E-state index contributed by atoms with van der Waals surface area (Å²) in [6.07, 6.45) is -0.109. The van der Waals surface area contributed by atoms with Gasteiger partial charge in [0.1, 0.15) is 0 Å². The molecule has 1 fully saturated rings. The van der Waals surface area contributed by atoms with Crippen LogP contribution in [0.3, 0.4) is 0 Å². The summed E-state index contributed by atoms with van der Waals surface area (Å²) in [6, 6.07) is -0.415. The number of carboxylic acid groups (broad SMARTS) is 1. The number of carboxylic acids is 1. The minimum Gasteiger partial charge on any atom is -0.481 e. The first-order valence-corrected chi connectivity index (χ1v) is 5.22. The number of aliphatic carboxylic acids is 1. The zero-order valence-corrected chi connectivity index (χ0v) is 9.60. The third kappa shape index (κ3) is 3.18. The molecule has 0 bridgehead atoms. The van der Waals surface area contributed by atoms with E-state index in [4.69, 9.17) is 15.6 Å². The molecule has 0 aliphatic carbocycles. The highest BCUT2D eigenvalue weighted by atomic mass is 16.5. The number of nitrogens with zero attached hydrogens (tertiary/aromatic N) is 1. The maximum Gasteiger partial charge on any atom is 0.305 e. The van der Waals surface area contributed by atoms with Crippen LogP contribution in [0.2, 0.25) is 0 Å². The van der Waals surface area contributed by atoms with E-state index in [-0.39, 0.29) is 18.9 Å². The molecule has 1 unspecified atom stereocenters. The number of morpholine rings is 1. The van der Waals surface area contributed by atoms with Gasteiger partial charge in [-0.2, -0.15) is 0 Å². The Kier molecular flexibility index (Phi) is 3.88. The van der Waals surface area contributed by atoms with Crippen molar-refractivity contribution in [1.29, 1.82) is 0 Å². The number of carbonyl (C=O) groups is 2. The maximum absolute atomic E-state index is 12.0. The van der Waals surface area contributed by atoms with Gasteiger partial charge in [-0.15, -0.1) is 0 Å². The molecule has 1 heterocycles. The molecule has 1 saturated heterocycles. The molecule has 1 aliphatic rings. The quantitative estimate of drug-likeness (QED) is 0.677. The average Bonchev–Trinajstić information content (AvgIpc) is 2.15. The van der Waals surface area contributed by atoms with E-state index in [9.17, 15) is 9.59 Å². The molecule has 3 N–H and O–H groups in total. The number of hydrogen-bond donors (Lipinski definition) is 2. The van der Waals surface area contributed by atoms with Crippen molar-refractivity contribution in [2.24, 2.45) is 5.73 Å². The van der Waals surface area contributed by atoms with Gasteiger partial charge in [-0.05, 0) is 13.8 Å². The van der Waals surface area contributed by atoms with Crippen molar-refractivity contribution in [2.45, 2.75) is 31.8 Å². The van der Waals surface area contributed by atoms with E-state index in [0.29, 0.717) is 13.2 Å². The maximum atomic E-state index is 12.0. The molecule has 0 radical (unpaired) electrons. The van der Waals surface area contributed by atoms with Crippen LogP contribution in [0, 0.1) is 0 Å². The Hall–Kier alpha value is -1.14. The van der Waals surface area contributed by atoms with E-state index < -0.39 is 17.6 Å². The Balaban J connectivity index is 2.74. The molecule has 0 saturated carbocycles. The molecule has 92 valence electrons. The van der Waals surface area contributed by atoms with E-state index in [1.165, 1.54) is 4.90 Å². The van der Waals surface area contributed by atoms with Crippen LogP contribution < -0.4 is 5.73 Å². The van der Waals surface area contributed by atoms with Crippen LogP contribution >= 0.6 is 0 Å². The third-order valence-corrected chi connectivity index (χ3v) is 2.45. The van der Waals surface area contributed by atoms with Gasteiger partial charge >= 0.3 is 5.97 Å². The molecule has 6 heteroatoms. The van der Waals surface area contributed by atoms with Gasteiger partial charge in [0.25, 0.3) is 0 Å². The first kappa shape index (κ1) is 12.9. The van der Waals surface area contributed by atoms with Crippen molar-refractivity contribution < 1.29 is 19.4 Å². The van der Waals surface area contributed by atoms with E-state index in [0.717, 1.165) is 0 Å². The smallest absolute Gasteiger partial charge is 0.305 e. The number of rotatable bonds is 3. The number of carbonyl (C=O) groups excluding carboxylic acids is 1. The fraction of sp³-hybridized carbons (Fsp3) is 0.800. The number of hydrogen-bond acceptors (Lipinski definition) is 4. The molecule has 0 aromatic carbocycles. The van der Waals surface area contributed by atoms with Crippen LogP contribution in [-0.4, -0.2) is 53.2 Å². The minimum atomic E-state index is -0.978. The highest BCUT2D eigenvalue weighted by Gasteiger charge is 2.35. The average molecular weight is 230 g/mol. The van der Waals surface area contributed by atoms with Crippen molar-refractivity contribution in [2.75, 3.05) is 19.8 Å². The summed E-state index contributed by atoms with van der Waals surface area (Å²) < 4.78 is 5.18. The van der Waals surface area contributed by atoms with E-state index in [1.807, 2.05) is 0 Å². The van der Waals surface area contributed by atoms with Crippen molar-refractivity contribution in [1.82, 2.24) is 4.90 Å². The molecule has 0 aromatic heterocycles. The van der Waals surface area contributed by atoms with Crippen molar-refractivity contribution in [3.63, 3.8) is 0 Å². The summed E-state index contributed by atoms with van der Waals surface area (Å²) in [5.74, 6) is -1.18. The third-order valence-electron chi connectivity index (χ3n) is 2.45. The number of ether oxygens (including phenoxy) is 1. The summed E-state index contributed by atoms with van der Waals surface area (Å²) in [4.78, 5) is 24.1. The fourth-order valence-electron chi connectivity index (χ4n) is 1.66. The molecule has 16 heavy (non-hydrogen) atoms. The molecule has 1 rings (SSSR count). The normalized spacial score (nSPS) is 21.9. The summed E-state index contributed by atoms with van der Waals surface area (Å²) in [7, 11) is 0. The van der Waals surface area contributed by atoms with Crippen LogP contribution in [-0.2, 0) is 14.3 Å². The van der Waals surface area contributed by atoms with Gasteiger partial charge in [0.2, 0.25) is 5.91 Å². The lowest BCUT2D eigenvalue weighted by Crippen LogP contribution is -2.58. The molecule has 1 amide bonds. The largest absolute Gasteiger partial charge is 0.481 e.